The van der Waals surface area contributed by atoms with Crippen molar-refractivity contribution < 1.29 is 4.74 Å². The largest absolute Gasteiger partial charge is 0.491 e. The molecule has 2 nitrogen and oxygen atoms in total. The molecule has 2 heteroatoms. The first-order valence-corrected chi connectivity index (χ1v) is 8.31. The van der Waals surface area contributed by atoms with Crippen LogP contribution in [0.1, 0.15) is 51.5 Å². The van der Waals surface area contributed by atoms with Gasteiger partial charge in [0.25, 0.3) is 0 Å². The van der Waals surface area contributed by atoms with Gasteiger partial charge in [-0.1, -0.05) is 43.0 Å². The van der Waals surface area contributed by atoms with Crippen LogP contribution < -0.4 is 10.1 Å². The molecule has 0 heterocycles. The van der Waals surface area contributed by atoms with Gasteiger partial charge < -0.3 is 10.1 Å². The average Bonchev–Trinajstić information content (AvgIpc) is 2.49. The van der Waals surface area contributed by atoms with E-state index in [1.807, 2.05) is 7.05 Å². The number of rotatable bonds is 6. The minimum atomic E-state index is 0.230. The highest BCUT2D eigenvalue weighted by Crippen LogP contribution is 2.30. The second kappa shape index (κ2) is 8.23. The fourth-order valence-electron chi connectivity index (χ4n) is 3.12. The van der Waals surface area contributed by atoms with E-state index in [-0.39, 0.29) is 6.10 Å². The molecule has 1 aromatic carbocycles. The Balaban J connectivity index is 2.09. The topological polar surface area (TPSA) is 21.3 Å². The molecule has 21 heavy (non-hydrogen) atoms. The molecule has 1 fully saturated rings. The van der Waals surface area contributed by atoms with Gasteiger partial charge in [-0.05, 0) is 57.4 Å². The molecule has 0 bridgehead atoms. The zero-order valence-electron chi connectivity index (χ0n) is 13.7. The zero-order chi connectivity index (χ0) is 15.1. The fraction of sp³-hybridized carbons (Fsp3) is 0.579. The molecular weight excluding hydrogens is 258 g/mol. The third-order valence-electron chi connectivity index (χ3n) is 4.11. The van der Waals surface area contributed by atoms with Crippen LogP contribution in [0, 0.1) is 5.92 Å². The Hall–Kier alpha value is -1.28. The summed E-state index contributed by atoms with van der Waals surface area (Å²) in [6.07, 6.45) is 9.47. The Morgan fingerprint density at radius 2 is 1.86 bits per heavy atom. The van der Waals surface area contributed by atoms with Crippen LogP contribution in [0.3, 0.4) is 0 Å². The maximum absolute atomic E-state index is 5.70. The van der Waals surface area contributed by atoms with Crippen molar-refractivity contribution in [1.82, 2.24) is 5.32 Å². The van der Waals surface area contributed by atoms with E-state index in [2.05, 4.69) is 49.5 Å². The van der Waals surface area contributed by atoms with Crippen LogP contribution in [0.25, 0.3) is 6.08 Å². The summed E-state index contributed by atoms with van der Waals surface area (Å²) in [6, 6.07) is 8.47. The molecule has 0 radical (unpaired) electrons. The van der Waals surface area contributed by atoms with E-state index in [1.54, 1.807) is 5.57 Å². The fourth-order valence-corrected chi connectivity index (χ4v) is 3.12. The van der Waals surface area contributed by atoms with Crippen LogP contribution >= 0.6 is 0 Å². The van der Waals surface area contributed by atoms with E-state index in [4.69, 9.17) is 4.74 Å². The lowest BCUT2D eigenvalue weighted by atomic mass is 9.83. The average molecular weight is 287 g/mol. The molecule has 0 spiro atoms. The van der Waals surface area contributed by atoms with E-state index in [9.17, 15) is 0 Å². The van der Waals surface area contributed by atoms with Gasteiger partial charge in [0.05, 0.1) is 6.10 Å². The number of ether oxygens (including phenoxy) is 1. The van der Waals surface area contributed by atoms with Crippen molar-refractivity contribution in [2.75, 3.05) is 13.6 Å². The molecule has 1 aliphatic carbocycles. The lowest BCUT2D eigenvalue weighted by Gasteiger charge is -2.24. The third kappa shape index (κ3) is 5.20. The van der Waals surface area contributed by atoms with Crippen LogP contribution in [0.2, 0.25) is 0 Å². The predicted molar refractivity (Wildman–Crippen MR) is 90.7 cm³/mol. The van der Waals surface area contributed by atoms with Crippen LogP contribution in [0.4, 0.5) is 0 Å². The van der Waals surface area contributed by atoms with Gasteiger partial charge in [0.2, 0.25) is 0 Å². The van der Waals surface area contributed by atoms with Gasteiger partial charge in [0.15, 0.2) is 0 Å². The Morgan fingerprint density at radius 1 is 1.19 bits per heavy atom. The summed E-state index contributed by atoms with van der Waals surface area (Å²) in [5.41, 5.74) is 2.83. The highest BCUT2D eigenvalue weighted by molar-refractivity contribution is 5.55. The Bertz CT molecular complexity index is 441. The summed E-state index contributed by atoms with van der Waals surface area (Å²) in [6.45, 7) is 5.11. The Kier molecular flexibility index (Phi) is 6.31. The minimum Gasteiger partial charge on any atom is -0.491 e. The third-order valence-corrected chi connectivity index (χ3v) is 4.11. The second-order valence-electron chi connectivity index (χ2n) is 6.32. The van der Waals surface area contributed by atoms with Crippen molar-refractivity contribution in [3.63, 3.8) is 0 Å². The second-order valence-corrected chi connectivity index (χ2v) is 6.32. The van der Waals surface area contributed by atoms with E-state index < -0.39 is 0 Å². The van der Waals surface area contributed by atoms with Crippen molar-refractivity contribution in [3.05, 3.63) is 35.4 Å². The summed E-state index contributed by atoms with van der Waals surface area (Å²) in [5.74, 6) is 1.72. The van der Waals surface area contributed by atoms with Crippen LogP contribution in [-0.4, -0.2) is 19.7 Å². The zero-order valence-corrected chi connectivity index (χ0v) is 13.7. The summed E-state index contributed by atoms with van der Waals surface area (Å²) in [7, 11) is 2.04. The molecule has 0 amide bonds. The highest BCUT2D eigenvalue weighted by Gasteiger charge is 2.17. The van der Waals surface area contributed by atoms with Crippen LogP contribution in [-0.2, 0) is 0 Å². The molecule has 0 aliphatic heterocycles. The summed E-state index contributed by atoms with van der Waals surface area (Å²) >= 11 is 0. The molecule has 0 atom stereocenters. The molecule has 0 saturated heterocycles. The minimum absolute atomic E-state index is 0.230. The SMILES string of the molecule is CNC/C(=C/c1ccc(OC(C)C)cc1)C1CCCCC1. The summed E-state index contributed by atoms with van der Waals surface area (Å²) in [5, 5.41) is 3.33. The molecule has 1 N–H and O–H groups in total. The quantitative estimate of drug-likeness (QED) is 0.822. The Labute approximate surface area is 129 Å². The van der Waals surface area contributed by atoms with E-state index in [1.165, 1.54) is 37.7 Å². The van der Waals surface area contributed by atoms with Gasteiger partial charge in [-0.25, -0.2) is 0 Å². The van der Waals surface area contributed by atoms with E-state index >= 15 is 0 Å². The maximum Gasteiger partial charge on any atom is 0.119 e. The normalized spacial score (nSPS) is 17.2. The predicted octanol–water partition coefficient (Wildman–Crippen LogP) is 4.66. The van der Waals surface area contributed by atoms with Crippen molar-refractivity contribution in [3.8, 4) is 5.75 Å². The van der Waals surface area contributed by atoms with Gasteiger partial charge in [-0.2, -0.15) is 0 Å². The lowest BCUT2D eigenvalue weighted by molar-refractivity contribution is 0.242. The van der Waals surface area contributed by atoms with Crippen molar-refractivity contribution in [2.45, 2.75) is 52.1 Å². The molecule has 0 aromatic heterocycles. The number of likely N-dealkylation sites (N-methyl/N-ethyl adjacent to an activating group) is 1. The highest BCUT2D eigenvalue weighted by atomic mass is 16.5. The number of hydrogen-bond acceptors (Lipinski definition) is 2. The summed E-state index contributed by atoms with van der Waals surface area (Å²) in [4.78, 5) is 0. The molecule has 1 aromatic rings. The standard InChI is InChI=1S/C19H29NO/c1-15(2)21-19-11-9-16(10-12-19)13-18(14-20-3)17-7-5-4-6-8-17/h9-13,15,17,20H,4-8,14H2,1-3H3/b18-13-. The molecule has 116 valence electrons. The molecule has 2 rings (SSSR count). The van der Waals surface area contributed by atoms with Gasteiger partial charge in [0.1, 0.15) is 5.75 Å². The van der Waals surface area contributed by atoms with Gasteiger partial charge in [-0.3, -0.25) is 0 Å². The van der Waals surface area contributed by atoms with Gasteiger partial charge >= 0.3 is 0 Å². The van der Waals surface area contributed by atoms with Crippen molar-refractivity contribution >= 4 is 6.08 Å². The first kappa shape index (κ1) is 16.1. The number of benzene rings is 1. The number of nitrogens with one attached hydrogen (secondary N) is 1. The van der Waals surface area contributed by atoms with Gasteiger partial charge in [-0.15, -0.1) is 0 Å². The lowest BCUT2D eigenvalue weighted by Crippen LogP contribution is -2.19. The van der Waals surface area contributed by atoms with E-state index in [0.29, 0.717) is 0 Å². The number of hydrogen-bond donors (Lipinski definition) is 1. The summed E-state index contributed by atoms with van der Waals surface area (Å²) < 4.78 is 5.70. The first-order chi connectivity index (χ1) is 10.2. The van der Waals surface area contributed by atoms with Crippen molar-refractivity contribution in [1.29, 1.82) is 0 Å². The maximum atomic E-state index is 5.70. The van der Waals surface area contributed by atoms with Crippen LogP contribution in [0.5, 0.6) is 5.75 Å². The van der Waals surface area contributed by atoms with Gasteiger partial charge in [0, 0.05) is 6.54 Å². The smallest absolute Gasteiger partial charge is 0.119 e. The van der Waals surface area contributed by atoms with Crippen molar-refractivity contribution in [2.24, 2.45) is 5.92 Å². The molecule has 1 saturated carbocycles. The monoisotopic (exact) mass is 287 g/mol. The van der Waals surface area contributed by atoms with E-state index in [0.717, 1.165) is 18.2 Å². The first-order valence-electron chi connectivity index (χ1n) is 8.31. The molecular formula is C19H29NO. The van der Waals surface area contributed by atoms with Crippen LogP contribution in [0.15, 0.2) is 29.8 Å². The molecule has 1 aliphatic rings. The Morgan fingerprint density at radius 3 is 2.43 bits per heavy atom. The molecule has 0 unspecified atom stereocenters.